The Morgan fingerprint density at radius 2 is 2.00 bits per heavy atom. The van der Waals surface area contributed by atoms with E-state index in [1.165, 1.54) is 6.07 Å². The summed E-state index contributed by atoms with van der Waals surface area (Å²) in [6, 6.07) is 1.43. The fraction of sp³-hybridized carbons (Fsp3) is 0.500. The summed E-state index contributed by atoms with van der Waals surface area (Å²) in [6.45, 7) is 0. The van der Waals surface area contributed by atoms with Crippen LogP contribution in [0, 0.1) is 10.1 Å². The van der Waals surface area contributed by atoms with Crippen LogP contribution in [0.25, 0.3) is 0 Å². The van der Waals surface area contributed by atoms with E-state index < -0.39 is 10.5 Å². The Hall–Kier alpha value is -1.65. The monoisotopic (exact) mass is 208 g/mol. The van der Waals surface area contributed by atoms with E-state index >= 15 is 0 Å². The molecule has 1 aromatic heterocycles. The van der Waals surface area contributed by atoms with Gasteiger partial charge >= 0.3 is 11.2 Å². The second-order valence-electron chi connectivity index (χ2n) is 3.81. The predicted molar refractivity (Wildman–Crippen MR) is 55.0 cm³/mol. The smallest absolute Gasteiger partial charge is 0.320 e. The van der Waals surface area contributed by atoms with Gasteiger partial charge in [-0.3, -0.25) is 14.9 Å². The molecule has 0 spiro atoms. The van der Waals surface area contributed by atoms with Crippen LogP contribution in [0.1, 0.15) is 30.5 Å². The number of pyridine rings is 1. The molecule has 1 heterocycles. The van der Waals surface area contributed by atoms with Crippen molar-refractivity contribution in [1.29, 1.82) is 0 Å². The number of nitrogens with one attached hydrogen (secondary N) is 1. The maximum Gasteiger partial charge on any atom is 0.334 e. The summed E-state index contributed by atoms with van der Waals surface area (Å²) in [7, 11) is 0. The van der Waals surface area contributed by atoms with Crippen LogP contribution in [0.3, 0.4) is 0 Å². The highest BCUT2D eigenvalue weighted by Crippen LogP contribution is 2.20. The summed E-state index contributed by atoms with van der Waals surface area (Å²) in [5.74, 6) is 0. The highest BCUT2D eigenvalue weighted by Gasteiger charge is 2.17. The number of hydrogen-bond acceptors (Lipinski definition) is 3. The van der Waals surface area contributed by atoms with Crippen molar-refractivity contribution in [2.45, 2.75) is 32.1 Å². The molecule has 0 unspecified atom stereocenters. The van der Waals surface area contributed by atoms with Crippen LogP contribution in [0.2, 0.25) is 0 Å². The highest BCUT2D eigenvalue weighted by atomic mass is 16.6. The maximum atomic E-state index is 11.3. The van der Waals surface area contributed by atoms with E-state index in [4.69, 9.17) is 0 Å². The number of rotatable bonds is 1. The van der Waals surface area contributed by atoms with Gasteiger partial charge < -0.3 is 4.98 Å². The minimum Gasteiger partial charge on any atom is -0.320 e. The van der Waals surface area contributed by atoms with Gasteiger partial charge in [0.1, 0.15) is 0 Å². The fourth-order valence-electron chi connectivity index (χ4n) is 1.97. The third-order valence-electron chi connectivity index (χ3n) is 2.77. The lowest BCUT2D eigenvalue weighted by molar-refractivity contribution is -0.386. The molecule has 1 aliphatic rings. The van der Waals surface area contributed by atoms with Crippen LogP contribution in [-0.4, -0.2) is 9.91 Å². The van der Waals surface area contributed by atoms with E-state index in [0.717, 1.165) is 43.4 Å². The van der Waals surface area contributed by atoms with Crippen LogP contribution in [0.15, 0.2) is 10.9 Å². The summed E-state index contributed by atoms with van der Waals surface area (Å²) >= 11 is 0. The summed E-state index contributed by atoms with van der Waals surface area (Å²) in [6.07, 6.45) is 4.84. The minimum atomic E-state index is -0.621. The average molecular weight is 208 g/mol. The van der Waals surface area contributed by atoms with Crippen molar-refractivity contribution in [1.82, 2.24) is 4.98 Å². The van der Waals surface area contributed by atoms with Crippen LogP contribution in [0.4, 0.5) is 5.69 Å². The van der Waals surface area contributed by atoms with E-state index in [1.807, 2.05) is 0 Å². The molecule has 2 rings (SSSR count). The SMILES string of the molecule is O=c1[nH]c2c(cc1[N+](=O)[O-])CCCCC2. The van der Waals surface area contributed by atoms with Crippen molar-refractivity contribution in [3.8, 4) is 0 Å². The molecule has 1 N–H and O–H groups in total. The summed E-state index contributed by atoms with van der Waals surface area (Å²) in [5.41, 5.74) is 0.887. The lowest BCUT2D eigenvalue weighted by atomic mass is 10.1. The van der Waals surface area contributed by atoms with Crippen molar-refractivity contribution in [2.75, 3.05) is 0 Å². The molecule has 0 radical (unpaired) electrons. The summed E-state index contributed by atoms with van der Waals surface area (Å²) in [5, 5.41) is 10.6. The quantitative estimate of drug-likeness (QED) is 0.432. The van der Waals surface area contributed by atoms with E-state index in [2.05, 4.69) is 4.98 Å². The van der Waals surface area contributed by atoms with Crippen molar-refractivity contribution in [3.63, 3.8) is 0 Å². The molecular weight excluding hydrogens is 196 g/mol. The van der Waals surface area contributed by atoms with E-state index in [9.17, 15) is 14.9 Å². The number of nitrogens with zero attached hydrogens (tertiary/aromatic N) is 1. The van der Waals surface area contributed by atoms with E-state index in [0.29, 0.717) is 0 Å². The van der Waals surface area contributed by atoms with Crippen LogP contribution in [-0.2, 0) is 12.8 Å². The molecule has 15 heavy (non-hydrogen) atoms. The molecule has 1 aromatic rings. The molecule has 0 bridgehead atoms. The van der Waals surface area contributed by atoms with Gasteiger partial charge in [-0.15, -0.1) is 0 Å². The predicted octanol–water partition coefficient (Wildman–Crippen LogP) is 1.55. The second kappa shape index (κ2) is 3.84. The van der Waals surface area contributed by atoms with E-state index in [-0.39, 0.29) is 5.69 Å². The third kappa shape index (κ3) is 1.91. The first-order chi connectivity index (χ1) is 7.18. The number of aromatic amines is 1. The van der Waals surface area contributed by atoms with Gasteiger partial charge in [0.2, 0.25) is 0 Å². The Morgan fingerprint density at radius 3 is 2.73 bits per heavy atom. The van der Waals surface area contributed by atoms with Gasteiger partial charge in [0, 0.05) is 11.8 Å². The molecule has 0 atom stereocenters. The molecule has 1 aliphatic carbocycles. The Bertz CT molecular complexity index is 450. The standard InChI is InChI=1S/C10H12N2O3/c13-10-9(12(14)15)6-7-4-2-1-3-5-8(7)11-10/h6H,1-5H2,(H,11,13). The molecular formula is C10H12N2O3. The summed E-state index contributed by atoms with van der Waals surface area (Å²) < 4.78 is 0. The van der Waals surface area contributed by atoms with Crippen LogP contribution in [0.5, 0.6) is 0 Å². The first-order valence-corrected chi connectivity index (χ1v) is 5.08. The molecule has 5 heteroatoms. The zero-order chi connectivity index (χ0) is 10.8. The van der Waals surface area contributed by atoms with E-state index in [1.54, 1.807) is 0 Å². The average Bonchev–Trinajstić information content (AvgIpc) is 2.40. The van der Waals surface area contributed by atoms with Crippen LogP contribution >= 0.6 is 0 Å². The molecule has 0 aliphatic heterocycles. The topological polar surface area (TPSA) is 76.0 Å². The normalized spacial score (nSPS) is 15.5. The maximum absolute atomic E-state index is 11.3. The van der Waals surface area contributed by atoms with Gasteiger partial charge in [0.15, 0.2) is 0 Å². The molecule has 80 valence electrons. The number of aromatic nitrogens is 1. The number of H-pyrrole nitrogens is 1. The van der Waals surface area contributed by atoms with Gasteiger partial charge in [-0.05, 0) is 31.2 Å². The number of fused-ring (bicyclic) bond motifs is 1. The van der Waals surface area contributed by atoms with Crippen LogP contribution < -0.4 is 5.56 Å². The first-order valence-electron chi connectivity index (χ1n) is 5.08. The molecule has 5 nitrogen and oxygen atoms in total. The molecule has 0 saturated heterocycles. The molecule has 0 amide bonds. The molecule has 0 saturated carbocycles. The van der Waals surface area contributed by atoms with Gasteiger partial charge in [-0.2, -0.15) is 0 Å². The Balaban J connectivity index is 2.52. The first kappa shape index (κ1) is 9.89. The highest BCUT2D eigenvalue weighted by molar-refractivity contribution is 5.35. The fourth-order valence-corrected chi connectivity index (χ4v) is 1.97. The van der Waals surface area contributed by atoms with Crippen molar-refractivity contribution in [2.24, 2.45) is 0 Å². The lowest BCUT2D eigenvalue weighted by Gasteiger charge is -2.03. The number of nitro groups is 1. The van der Waals surface area contributed by atoms with Gasteiger partial charge in [0.05, 0.1) is 4.92 Å². The van der Waals surface area contributed by atoms with Crippen molar-refractivity contribution in [3.05, 3.63) is 37.8 Å². The van der Waals surface area contributed by atoms with Gasteiger partial charge in [-0.25, -0.2) is 0 Å². The van der Waals surface area contributed by atoms with Crippen molar-refractivity contribution < 1.29 is 4.92 Å². The largest absolute Gasteiger partial charge is 0.334 e. The van der Waals surface area contributed by atoms with Gasteiger partial charge in [0.25, 0.3) is 0 Å². The van der Waals surface area contributed by atoms with Gasteiger partial charge in [-0.1, -0.05) is 6.42 Å². The second-order valence-corrected chi connectivity index (χ2v) is 3.81. The minimum absolute atomic E-state index is 0.337. The molecule has 0 fully saturated rings. The zero-order valence-electron chi connectivity index (χ0n) is 8.28. The van der Waals surface area contributed by atoms with Crippen molar-refractivity contribution >= 4 is 5.69 Å². The number of hydrogen-bond donors (Lipinski definition) is 1. The Labute approximate surface area is 86.3 Å². The third-order valence-corrected chi connectivity index (χ3v) is 2.77. The molecule has 0 aromatic carbocycles. The number of aryl methyl sites for hydroxylation is 2. The Morgan fingerprint density at radius 1 is 1.27 bits per heavy atom. The zero-order valence-corrected chi connectivity index (χ0v) is 8.28. The Kier molecular flexibility index (Phi) is 2.53. The summed E-state index contributed by atoms with van der Waals surface area (Å²) in [4.78, 5) is 23.9. The lowest BCUT2D eigenvalue weighted by Crippen LogP contribution is -2.15.